The number of ether oxygens (including phenoxy) is 1. The van der Waals surface area contributed by atoms with Crippen LogP contribution in [0.2, 0.25) is 0 Å². The predicted octanol–water partition coefficient (Wildman–Crippen LogP) is 5.11. The number of benzene rings is 1. The van der Waals surface area contributed by atoms with Gasteiger partial charge >= 0.3 is 0 Å². The third-order valence-corrected chi connectivity index (χ3v) is 2.39. The number of rotatable bonds is 3. The van der Waals surface area contributed by atoms with E-state index in [2.05, 4.69) is 29.8 Å². The van der Waals surface area contributed by atoms with Crippen molar-refractivity contribution in [1.82, 2.24) is 4.98 Å². The maximum Gasteiger partial charge on any atom is 0.129 e. The monoisotopic (exact) mass is 243 g/mol. The average molecular weight is 243 g/mol. The van der Waals surface area contributed by atoms with E-state index in [4.69, 9.17) is 4.74 Å². The van der Waals surface area contributed by atoms with E-state index in [-0.39, 0.29) is 0 Å². The Kier molecular flexibility index (Phi) is 5.25. The van der Waals surface area contributed by atoms with Gasteiger partial charge in [0.2, 0.25) is 0 Å². The Morgan fingerprint density at radius 2 is 2.00 bits per heavy atom. The van der Waals surface area contributed by atoms with Crippen molar-refractivity contribution in [3.63, 3.8) is 0 Å². The van der Waals surface area contributed by atoms with Gasteiger partial charge in [-0.15, -0.1) is 0 Å². The van der Waals surface area contributed by atoms with Crippen molar-refractivity contribution < 1.29 is 4.74 Å². The molecule has 0 atom stereocenters. The highest BCUT2D eigenvalue weighted by molar-refractivity contribution is 5.82. The summed E-state index contributed by atoms with van der Waals surface area (Å²) in [7, 11) is 0. The van der Waals surface area contributed by atoms with Gasteiger partial charge in [-0.1, -0.05) is 32.6 Å². The van der Waals surface area contributed by atoms with Crippen molar-refractivity contribution in [3.05, 3.63) is 54.4 Å². The van der Waals surface area contributed by atoms with E-state index in [1.807, 2.05) is 46.0 Å². The summed E-state index contributed by atoms with van der Waals surface area (Å²) in [5.74, 6) is 1.53. The minimum absolute atomic E-state index is 0.694. The predicted molar refractivity (Wildman–Crippen MR) is 79.2 cm³/mol. The van der Waals surface area contributed by atoms with Crippen LogP contribution in [0, 0.1) is 0 Å². The van der Waals surface area contributed by atoms with E-state index in [0.717, 1.165) is 16.8 Å². The Balaban J connectivity index is 0.000000771. The lowest BCUT2D eigenvalue weighted by atomic mass is 10.1. The molecule has 0 aliphatic rings. The fourth-order valence-corrected chi connectivity index (χ4v) is 1.67. The second kappa shape index (κ2) is 6.70. The van der Waals surface area contributed by atoms with Crippen molar-refractivity contribution in [2.45, 2.75) is 27.7 Å². The normalized spacial score (nSPS) is 10.8. The van der Waals surface area contributed by atoms with Crippen molar-refractivity contribution in [2.75, 3.05) is 0 Å². The molecule has 2 rings (SSSR count). The first kappa shape index (κ1) is 14.1. The molecule has 0 unspecified atom stereocenters. The molecule has 0 bridgehead atoms. The molecule has 18 heavy (non-hydrogen) atoms. The highest BCUT2D eigenvalue weighted by Gasteiger charge is 2.04. The maximum absolute atomic E-state index is 5.56. The van der Waals surface area contributed by atoms with Crippen LogP contribution >= 0.6 is 0 Å². The molecule has 2 heteroatoms. The first-order chi connectivity index (χ1) is 8.70. The minimum atomic E-state index is 0.694. The van der Waals surface area contributed by atoms with E-state index in [9.17, 15) is 0 Å². The molecule has 0 amide bonds. The van der Waals surface area contributed by atoms with Gasteiger partial charge in [0, 0.05) is 17.3 Å². The van der Waals surface area contributed by atoms with Gasteiger partial charge in [-0.05, 0) is 37.4 Å². The zero-order valence-electron chi connectivity index (χ0n) is 11.6. The standard InChI is InChI=1S/C14H15NO.C2H6/c1-4-14(16-10(2)3)12-6-5-11-7-8-15-13(11)9-12;1-2/h4-9,15H,2H2,1,3H3;1-2H3/b14-4-;. The number of nitrogens with one attached hydrogen (secondary N) is 1. The average Bonchev–Trinajstić information content (AvgIpc) is 2.85. The number of hydrogen-bond donors (Lipinski definition) is 1. The lowest BCUT2D eigenvalue weighted by Crippen LogP contribution is -1.89. The van der Waals surface area contributed by atoms with Crippen LogP contribution in [0.4, 0.5) is 0 Å². The van der Waals surface area contributed by atoms with Crippen LogP contribution in [0.3, 0.4) is 0 Å². The van der Waals surface area contributed by atoms with Gasteiger partial charge in [0.05, 0.1) is 5.76 Å². The first-order valence-corrected chi connectivity index (χ1v) is 6.28. The molecule has 1 heterocycles. The van der Waals surface area contributed by atoms with Crippen LogP contribution < -0.4 is 0 Å². The lowest BCUT2D eigenvalue weighted by molar-refractivity contribution is 0.386. The van der Waals surface area contributed by atoms with Crippen molar-refractivity contribution in [3.8, 4) is 0 Å². The molecule has 2 nitrogen and oxygen atoms in total. The fourth-order valence-electron chi connectivity index (χ4n) is 1.67. The zero-order chi connectivity index (χ0) is 13.5. The van der Waals surface area contributed by atoms with Gasteiger partial charge in [0.15, 0.2) is 0 Å². The van der Waals surface area contributed by atoms with E-state index in [1.165, 1.54) is 5.39 Å². The molecule has 96 valence electrons. The summed E-state index contributed by atoms with van der Waals surface area (Å²) < 4.78 is 5.56. The molecular weight excluding hydrogens is 222 g/mol. The summed E-state index contributed by atoms with van der Waals surface area (Å²) in [5, 5.41) is 1.20. The van der Waals surface area contributed by atoms with Gasteiger partial charge in [-0.25, -0.2) is 0 Å². The van der Waals surface area contributed by atoms with E-state index >= 15 is 0 Å². The zero-order valence-corrected chi connectivity index (χ0v) is 11.6. The Morgan fingerprint density at radius 3 is 2.61 bits per heavy atom. The third-order valence-electron chi connectivity index (χ3n) is 2.39. The van der Waals surface area contributed by atoms with Crippen LogP contribution in [0.1, 0.15) is 33.3 Å². The Labute approximate surface area is 109 Å². The van der Waals surface area contributed by atoms with Gasteiger partial charge in [0.1, 0.15) is 5.76 Å². The van der Waals surface area contributed by atoms with Crippen molar-refractivity contribution in [2.24, 2.45) is 0 Å². The van der Waals surface area contributed by atoms with Gasteiger partial charge in [-0.2, -0.15) is 0 Å². The van der Waals surface area contributed by atoms with Crippen LogP contribution in [0.25, 0.3) is 16.7 Å². The topological polar surface area (TPSA) is 25.0 Å². The molecule has 0 saturated carbocycles. The molecule has 0 fully saturated rings. The first-order valence-electron chi connectivity index (χ1n) is 6.28. The molecular formula is C16H21NO. The summed E-state index contributed by atoms with van der Waals surface area (Å²) in [4.78, 5) is 3.19. The Hall–Kier alpha value is -1.96. The SMILES string of the molecule is C=C(C)O/C(=C\C)c1ccc2cc[nH]c2c1.CC. The highest BCUT2D eigenvalue weighted by atomic mass is 16.5. The number of aromatic nitrogens is 1. The molecule has 2 aromatic rings. The van der Waals surface area contributed by atoms with Gasteiger partial charge < -0.3 is 9.72 Å². The lowest BCUT2D eigenvalue weighted by Gasteiger charge is -2.09. The number of allylic oxidation sites excluding steroid dienone is 2. The quantitative estimate of drug-likeness (QED) is 0.745. The second-order valence-corrected chi connectivity index (χ2v) is 3.74. The number of hydrogen-bond acceptors (Lipinski definition) is 1. The molecule has 0 aliphatic heterocycles. The molecule has 0 saturated heterocycles. The van der Waals surface area contributed by atoms with E-state index in [1.54, 1.807) is 0 Å². The van der Waals surface area contributed by atoms with Gasteiger partial charge in [-0.3, -0.25) is 0 Å². The molecule has 0 spiro atoms. The van der Waals surface area contributed by atoms with Crippen molar-refractivity contribution in [1.29, 1.82) is 0 Å². The van der Waals surface area contributed by atoms with Crippen LogP contribution in [0.15, 0.2) is 48.9 Å². The highest BCUT2D eigenvalue weighted by Crippen LogP contribution is 2.22. The summed E-state index contributed by atoms with van der Waals surface area (Å²) in [6, 6.07) is 8.25. The van der Waals surface area contributed by atoms with Crippen LogP contribution in [0.5, 0.6) is 0 Å². The van der Waals surface area contributed by atoms with Crippen molar-refractivity contribution >= 4 is 16.7 Å². The Bertz CT molecular complexity index is 549. The Morgan fingerprint density at radius 1 is 1.28 bits per heavy atom. The number of H-pyrrole nitrogens is 1. The largest absolute Gasteiger partial charge is 0.462 e. The molecule has 0 radical (unpaired) electrons. The second-order valence-electron chi connectivity index (χ2n) is 3.74. The molecule has 1 N–H and O–H groups in total. The molecule has 0 aliphatic carbocycles. The van der Waals surface area contributed by atoms with Gasteiger partial charge in [0.25, 0.3) is 0 Å². The van der Waals surface area contributed by atoms with Crippen LogP contribution in [-0.4, -0.2) is 4.98 Å². The summed E-state index contributed by atoms with van der Waals surface area (Å²) >= 11 is 0. The third kappa shape index (κ3) is 3.27. The molecule has 1 aromatic carbocycles. The summed E-state index contributed by atoms with van der Waals surface area (Å²) in [6.45, 7) is 11.5. The van der Waals surface area contributed by atoms with E-state index < -0.39 is 0 Å². The fraction of sp³-hybridized carbons (Fsp3) is 0.250. The smallest absolute Gasteiger partial charge is 0.129 e. The summed E-state index contributed by atoms with van der Waals surface area (Å²) in [6.07, 6.45) is 3.88. The maximum atomic E-state index is 5.56. The number of aromatic amines is 1. The minimum Gasteiger partial charge on any atom is -0.462 e. The summed E-state index contributed by atoms with van der Waals surface area (Å²) in [5.41, 5.74) is 2.17. The number of fused-ring (bicyclic) bond motifs is 1. The molecule has 1 aromatic heterocycles. The van der Waals surface area contributed by atoms with Crippen LogP contribution in [-0.2, 0) is 4.74 Å². The van der Waals surface area contributed by atoms with E-state index in [0.29, 0.717) is 5.76 Å².